The fourth-order valence-corrected chi connectivity index (χ4v) is 2.34. The molecule has 0 saturated carbocycles. The van der Waals surface area contributed by atoms with Crippen LogP contribution in [-0.2, 0) is 10.6 Å². The molecule has 0 radical (unpaired) electrons. The van der Waals surface area contributed by atoms with Crippen molar-refractivity contribution in [3.63, 3.8) is 0 Å². The highest BCUT2D eigenvalue weighted by Gasteiger charge is 2.18. The first kappa shape index (κ1) is 14.1. The van der Waals surface area contributed by atoms with E-state index in [2.05, 4.69) is 14.9 Å². The number of nitrogens with zero attached hydrogens (tertiary/aromatic N) is 3. The van der Waals surface area contributed by atoms with E-state index in [0.29, 0.717) is 23.8 Å². The highest BCUT2D eigenvalue weighted by molar-refractivity contribution is 6.17. The first-order chi connectivity index (χ1) is 9.26. The number of halogens is 1. The lowest BCUT2D eigenvalue weighted by Crippen LogP contribution is -2.31. The summed E-state index contributed by atoms with van der Waals surface area (Å²) in [5, 5.41) is 0. The van der Waals surface area contributed by atoms with Crippen LogP contribution in [0.25, 0.3) is 0 Å². The lowest BCUT2D eigenvalue weighted by atomic mass is 10.1. The Morgan fingerprint density at radius 3 is 2.79 bits per heavy atom. The number of alkyl halides is 1. The minimum atomic E-state index is -0.414. The molecule has 2 rings (SSSR count). The molecule has 0 N–H and O–H groups in total. The number of anilines is 1. The summed E-state index contributed by atoms with van der Waals surface area (Å²) in [5.74, 6) is 0.420. The molecule has 1 aliphatic rings. The second-order valence-electron chi connectivity index (χ2n) is 4.43. The molecule has 19 heavy (non-hydrogen) atoms. The summed E-state index contributed by atoms with van der Waals surface area (Å²) in [4.78, 5) is 22.5. The molecule has 0 unspecified atom stereocenters. The maximum Gasteiger partial charge on any atom is 0.341 e. The number of rotatable bonds is 4. The fourth-order valence-electron chi connectivity index (χ4n) is 2.13. The van der Waals surface area contributed by atoms with Crippen molar-refractivity contribution >= 4 is 23.5 Å². The van der Waals surface area contributed by atoms with Crippen LogP contribution in [0.15, 0.2) is 6.20 Å². The van der Waals surface area contributed by atoms with Crippen molar-refractivity contribution in [2.75, 3.05) is 24.6 Å². The van der Waals surface area contributed by atoms with Crippen LogP contribution in [-0.4, -0.2) is 35.6 Å². The first-order valence-corrected chi connectivity index (χ1v) is 7.13. The molecule has 0 atom stereocenters. The summed E-state index contributed by atoms with van der Waals surface area (Å²) in [5.41, 5.74) is 0.897. The van der Waals surface area contributed by atoms with Gasteiger partial charge in [0, 0.05) is 19.3 Å². The lowest BCUT2D eigenvalue weighted by molar-refractivity contribution is 0.0524. The van der Waals surface area contributed by atoms with Crippen molar-refractivity contribution in [3.8, 4) is 0 Å². The van der Waals surface area contributed by atoms with Crippen molar-refractivity contribution < 1.29 is 9.53 Å². The summed E-state index contributed by atoms with van der Waals surface area (Å²) < 4.78 is 4.96. The molecule has 1 aromatic rings. The van der Waals surface area contributed by atoms with Gasteiger partial charge in [-0.05, 0) is 26.2 Å². The number of hydrogen-bond donors (Lipinski definition) is 0. The maximum atomic E-state index is 11.7. The molecular formula is C13H18ClN3O2. The topological polar surface area (TPSA) is 55.3 Å². The molecule has 2 heterocycles. The third kappa shape index (κ3) is 3.35. The molecule has 0 aliphatic carbocycles. The molecule has 1 aliphatic heterocycles. The quantitative estimate of drug-likeness (QED) is 0.627. The Balaban J connectivity index is 2.22. The number of ether oxygens (including phenoxy) is 1. The van der Waals surface area contributed by atoms with Crippen molar-refractivity contribution in [1.29, 1.82) is 0 Å². The van der Waals surface area contributed by atoms with Gasteiger partial charge in [-0.2, -0.15) is 0 Å². The SMILES string of the molecule is CCOC(=O)c1cnc(N2CCCCC2)nc1CCl. The summed E-state index contributed by atoms with van der Waals surface area (Å²) >= 11 is 5.87. The van der Waals surface area contributed by atoms with Gasteiger partial charge in [-0.1, -0.05) is 0 Å². The highest BCUT2D eigenvalue weighted by atomic mass is 35.5. The minimum Gasteiger partial charge on any atom is -0.462 e. The van der Waals surface area contributed by atoms with E-state index in [-0.39, 0.29) is 5.88 Å². The fraction of sp³-hybridized carbons (Fsp3) is 0.615. The van der Waals surface area contributed by atoms with Crippen LogP contribution in [0.4, 0.5) is 5.95 Å². The van der Waals surface area contributed by atoms with Crippen molar-refractivity contribution in [1.82, 2.24) is 9.97 Å². The number of aromatic nitrogens is 2. The van der Waals surface area contributed by atoms with Gasteiger partial charge in [-0.3, -0.25) is 0 Å². The average Bonchev–Trinajstić information content (AvgIpc) is 2.47. The smallest absolute Gasteiger partial charge is 0.341 e. The number of carbonyl (C=O) groups is 1. The van der Waals surface area contributed by atoms with E-state index < -0.39 is 5.97 Å². The summed E-state index contributed by atoms with van der Waals surface area (Å²) in [6.07, 6.45) is 5.07. The van der Waals surface area contributed by atoms with Crippen molar-refractivity contribution in [2.24, 2.45) is 0 Å². The zero-order valence-corrected chi connectivity index (χ0v) is 11.8. The molecule has 0 aromatic carbocycles. The Morgan fingerprint density at radius 1 is 1.42 bits per heavy atom. The van der Waals surface area contributed by atoms with Crippen molar-refractivity contribution in [3.05, 3.63) is 17.5 Å². The summed E-state index contributed by atoms with van der Waals surface area (Å²) in [6, 6.07) is 0. The van der Waals surface area contributed by atoms with Gasteiger partial charge < -0.3 is 9.64 Å². The molecule has 0 spiro atoms. The van der Waals surface area contributed by atoms with E-state index in [0.717, 1.165) is 25.9 Å². The van der Waals surface area contributed by atoms with Gasteiger partial charge in [0.2, 0.25) is 5.95 Å². The Kier molecular flexibility index (Phi) is 4.96. The van der Waals surface area contributed by atoms with E-state index >= 15 is 0 Å². The van der Waals surface area contributed by atoms with Crippen LogP contribution in [0, 0.1) is 0 Å². The standard InChI is InChI=1S/C13H18ClN3O2/c1-2-19-12(18)10-9-15-13(16-11(10)8-14)17-6-4-3-5-7-17/h9H,2-8H2,1H3. The molecule has 5 nitrogen and oxygen atoms in total. The molecule has 104 valence electrons. The maximum absolute atomic E-state index is 11.7. The van der Waals surface area contributed by atoms with E-state index in [4.69, 9.17) is 16.3 Å². The van der Waals surface area contributed by atoms with E-state index in [1.807, 2.05) is 0 Å². The Morgan fingerprint density at radius 2 is 2.16 bits per heavy atom. The predicted molar refractivity (Wildman–Crippen MR) is 73.6 cm³/mol. The number of esters is 1. The summed E-state index contributed by atoms with van der Waals surface area (Å²) in [7, 11) is 0. The van der Waals surface area contributed by atoms with Crippen LogP contribution in [0.3, 0.4) is 0 Å². The lowest BCUT2D eigenvalue weighted by Gasteiger charge is -2.26. The molecule has 1 fully saturated rings. The minimum absolute atomic E-state index is 0.178. The molecule has 1 aromatic heterocycles. The van der Waals surface area contributed by atoms with Crippen LogP contribution in [0.5, 0.6) is 0 Å². The van der Waals surface area contributed by atoms with Gasteiger partial charge in [0.05, 0.1) is 18.2 Å². The van der Waals surface area contributed by atoms with E-state index in [1.54, 1.807) is 6.92 Å². The largest absolute Gasteiger partial charge is 0.462 e. The van der Waals surface area contributed by atoms with Gasteiger partial charge >= 0.3 is 5.97 Å². The van der Waals surface area contributed by atoms with Crippen LogP contribution >= 0.6 is 11.6 Å². The Bertz CT molecular complexity index is 448. The highest BCUT2D eigenvalue weighted by Crippen LogP contribution is 2.18. The normalized spacial score (nSPS) is 15.4. The second kappa shape index (κ2) is 6.70. The van der Waals surface area contributed by atoms with E-state index in [9.17, 15) is 4.79 Å². The number of piperidine rings is 1. The predicted octanol–water partition coefficient (Wildman–Crippen LogP) is 2.38. The molecule has 0 amide bonds. The van der Waals surface area contributed by atoms with E-state index in [1.165, 1.54) is 12.6 Å². The van der Waals surface area contributed by atoms with Crippen LogP contribution in [0.1, 0.15) is 42.2 Å². The molecule has 0 bridgehead atoms. The van der Waals surface area contributed by atoms with Gasteiger partial charge in [0.15, 0.2) is 0 Å². The Labute approximate surface area is 117 Å². The van der Waals surface area contributed by atoms with Gasteiger partial charge in [-0.15, -0.1) is 11.6 Å². The van der Waals surface area contributed by atoms with Crippen LogP contribution < -0.4 is 4.90 Å². The zero-order chi connectivity index (χ0) is 13.7. The Hall–Kier alpha value is -1.36. The van der Waals surface area contributed by atoms with Gasteiger partial charge in [-0.25, -0.2) is 14.8 Å². The van der Waals surface area contributed by atoms with Crippen LogP contribution in [0.2, 0.25) is 0 Å². The average molecular weight is 284 g/mol. The summed E-state index contributed by atoms with van der Waals surface area (Å²) in [6.45, 7) is 4.01. The van der Waals surface area contributed by atoms with Gasteiger partial charge in [0.1, 0.15) is 5.56 Å². The monoisotopic (exact) mass is 283 g/mol. The molecule has 6 heteroatoms. The number of carbonyl (C=O) groups excluding carboxylic acids is 1. The van der Waals surface area contributed by atoms with Crippen molar-refractivity contribution in [2.45, 2.75) is 32.1 Å². The molecular weight excluding hydrogens is 266 g/mol. The zero-order valence-electron chi connectivity index (χ0n) is 11.1. The molecule has 1 saturated heterocycles. The third-order valence-corrected chi connectivity index (χ3v) is 3.37. The number of hydrogen-bond acceptors (Lipinski definition) is 5. The third-order valence-electron chi connectivity index (χ3n) is 3.12. The second-order valence-corrected chi connectivity index (χ2v) is 4.70. The van der Waals surface area contributed by atoms with Gasteiger partial charge in [0.25, 0.3) is 0 Å². The first-order valence-electron chi connectivity index (χ1n) is 6.60.